The molecule has 0 fully saturated rings. The lowest BCUT2D eigenvalue weighted by atomic mass is 10.2. The van der Waals surface area contributed by atoms with Gasteiger partial charge in [0.05, 0.1) is 5.69 Å². The van der Waals surface area contributed by atoms with E-state index < -0.39 is 0 Å². The molecule has 3 nitrogen and oxygen atoms in total. The van der Waals surface area contributed by atoms with Crippen molar-refractivity contribution in [3.05, 3.63) is 17.5 Å². The van der Waals surface area contributed by atoms with Crippen molar-refractivity contribution in [3.8, 4) is 0 Å². The van der Waals surface area contributed by atoms with Crippen LogP contribution >= 0.6 is 0 Å². The number of rotatable bonds is 2. The molecule has 72 valence electrons. The Morgan fingerprint density at radius 2 is 2.31 bits per heavy atom. The second kappa shape index (κ2) is 3.92. The Kier molecular flexibility index (Phi) is 2.64. The van der Waals surface area contributed by atoms with Gasteiger partial charge in [-0.15, -0.1) is 0 Å². The van der Waals surface area contributed by atoms with Gasteiger partial charge < -0.3 is 5.32 Å². The third-order valence-corrected chi connectivity index (χ3v) is 2.49. The first-order valence-corrected chi connectivity index (χ1v) is 5.16. The second-order valence-electron chi connectivity index (χ2n) is 3.61. The summed E-state index contributed by atoms with van der Waals surface area (Å²) in [5, 5.41) is 7.96. The summed E-state index contributed by atoms with van der Waals surface area (Å²) in [4.78, 5) is 0. The molecule has 0 atom stereocenters. The predicted octanol–water partition coefficient (Wildman–Crippen LogP) is 0.981. The van der Waals surface area contributed by atoms with Crippen LogP contribution < -0.4 is 5.32 Å². The van der Waals surface area contributed by atoms with E-state index in [0.29, 0.717) is 0 Å². The maximum Gasteiger partial charge on any atom is 0.0669 e. The molecule has 0 amide bonds. The number of nitrogens with one attached hydrogen (secondary N) is 1. The van der Waals surface area contributed by atoms with Crippen molar-refractivity contribution in [2.75, 3.05) is 13.1 Å². The minimum Gasteiger partial charge on any atom is -0.316 e. The van der Waals surface area contributed by atoms with Crippen LogP contribution in [-0.2, 0) is 19.4 Å². The minimum absolute atomic E-state index is 1.06. The summed E-state index contributed by atoms with van der Waals surface area (Å²) in [6, 6.07) is 0. The van der Waals surface area contributed by atoms with Crippen molar-refractivity contribution in [3.63, 3.8) is 0 Å². The van der Waals surface area contributed by atoms with E-state index in [0.717, 1.165) is 32.5 Å². The van der Waals surface area contributed by atoms with Crippen molar-refractivity contribution in [2.24, 2.45) is 0 Å². The Hall–Kier alpha value is -0.830. The molecule has 3 heteroatoms. The van der Waals surface area contributed by atoms with Crippen molar-refractivity contribution < 1.29 is 0 Å². The van der Waals surface area contributed by atoms with E-state index in [4.69, 9.17) is 0 Å². The fraction of sp³-hybridized carbons (Fsp3) is 0.700. The van der Waals surface area contributed by atoms with Crippen LogP contribution in [0.1, 0.15) is 24.6 Å². The first kappa shape index (κ1) is 8.75. The fourth-order valence-electron chi connectivity index (χ4n) is 1.82. The van der Waals surface area contributed by atoms with Gasteiger partial charge in [-0.3, -0.25) is 4.68 Å². The number of hydrogen-bond donors (Lipinski definition) is 1. The van der Waals surface area contributed by atoms with E-state index in [1.54, 1.807) is 0 Å². The highest BCUT2D eigenvalue weighted by molar-refractivity contribution is 5.19. The molecule has 0 radical (unpaired) electrons. The molecule has 0 unspecified atom stereocenters. The Morgan fingerprint density at radius 3 is 3.15 bits per heavy atom. The van der Waals surface area contributed by atoms with Crippen molar-refractivity contribution >= 4 is 0 Å². The summed E-state index contributed by atoms with van der Waals surface area (Å²) >= 11 is 0. The maximum atomic E-state index is 4.58. The molecule has 13 heavy (non-hydrogen) atoms. The van der Waals surface area contributed by atoms with E-state index in [1.807, 2.05) is 0 Å². The van der Waals surface area contributed by atoms with Crippen LogP contribution in [0.2, 0.25) is 0 Å². The highest BCUT2D eigenvalue weighted by atomic mass is 15.3. The molecule has 0 saturated heterocycles. The Morgan fingerprint density at radius 1 is 1.46 bits per heavy atom. The standard InChI is InChI=1S/C10H17N3/c1-2-7-13-8-9-3-5-11-6-4-10(9)12-13/h8,11H,2-7H2,1H3. The fourth-order valence-corrected chi connectivity index (χ4v) is 1.82. The van der Waals surface area contributed by atoms with Crippen LogP contribution in [0, 0.1) is 0 Å². The van der Waals surface area contributed by atoms with Gasteiger partial charge in [0.25, 0.3) is 0 Å². The topological polar surface area (TPSA) is 29.9 Å². The molecule has 0 bridgehead atoms. The molecule has 2 heterocycles. The van der Waals surface area contributed by atoms with E-state index >= 15 is 0 Å². The van der Waals surface area contributed by atoms with E-state index in [2.05, 4.69) is 28.2 Å². The Bertz CT molecular complexity index is 254. The molecule has 0 saturated carbocycles. The molecule has 1 aromatic rings. The van der Waals surface area contributed by atoms with E-state index in [-0.39, 0.29) is 0 Å². The highest BCUT2D eigenvalue weighted by Gasteiger charge is 2.10. The van der Waals surface area contributed by atoms with Gasteiger partial charge in [-0.25, -0.2) is 0 Å². The van der Waals surface area contributed by atoms with Gasteiger partial charge in [0, 0.05) is 25.7 Å². The van der Waals surface area contributed by atoms with Crippen molar-refractivity contribution in [1.29, 1.82) is 0 Å². The third-order valence-electron chi connectivity index (χ3n) is 2.49. The van der Waals surface area contributed by atoms with Gasteiger partial charge in [-0.1, -0.05) is 6.92 Å². The lowest BCUT2D eigenvalue weighted by molar-refractivity contribution is 0.588. The largest absolute Gasteiger partial charge is 0.316 e. The maximum absolute atomic E-state index is 4.58. The quantitative estimate of drug-likeness (QED) is 0.733. The zero-order valence-electron chi connectivity index (χ0n) is 8.21. The van der Waals surface area contributed by atoms with Gasteiger partial charge in [0.15, 0.2) is 0 Å². The van der Waals surface area contributed by atoms with Gasteiger partial charge in [0.1, 0.15) is 0 Å². The number of aryl methyl sites for hydroxylation is 1. The number of nitrogens with zero attached hydrogens (tertiary/aromatic N) is 2. The normalized spacial score (nSPS) is 16.7. The number of hydrogen-bond acceptors (Lipinski definition) is 2. The molecule has 0 aliphatic carbocycles. The summed E-state index contributed by atoms with van der Waals surface area (Å²) in [6.07, 6.45) is 5.61. The number of fused-ring (bicyclic) bond motifs is 1. The molecule has 1 N–H and O–H groups in total. The van der Waals surface area contributed by atoms with Crippen LogP contribution in [0.3, 0.4) is 0 Å². The molecule has 0 aromatic carbocycles. The zero-order chi connectivity index (χ0) is 9.10. The van der Waals surface area contributed by atoms with Crippen LogP contribution in [0.5, 0.6) is 0 Å². The average molecular weight is 179 g/mol. The SMILES string of the molecule is CCCn1cc2c(n1)CCNCC2. The first-order valence-electron chi connectivity index (χ1n) is 5.16. The van der Waals surface area contributed by atoms with Crippen molar-refractivity contribution in [1.82, 2.24) is 15.1 Å². The Labute approximate surface area is 79.1 Å². The van der Waals surface area contributed by atoms with Gasteiger partial charge >= 0.3 is 0 Å². The first-order chi connectivity index (χ1) is 6.40. The molecular formula is C10H17N3. The summed E-state index contributed by atoms with van der Waals surface area (Å²) in [5.74, 6) is 0. The molecule has 2 rings (SSSR count). The summed E-state index contributed by atoms with van der Waals surface area (Å²) in [6.45, 7) is 5.43. The molecule has 1 aliphatic heterocycles. The minimum atomic E-state index is 1.06. The third kappa shape index (κ3) is 1.91. The monoisotopic (exact) mass is 179 g/mol. The Balaban J connectivity index is 2.17. The molecular weight excluding hydrogens is 162 g/mol. The number of aromatic nitrogens is 2. The van der Waals surface area contributed by atoms with Gasteiger partial charge in [0.2, 0.25) is 0 Å². The zero-order valence-corrected chi connectivity index (χ0v) is 8.21. The van der Waals surface area contributed by atoms with Crippen molar-refractivity contribution in [2.45, 2.75) is 32.7 Å². The van der Waals surface area contributed by atoms with Crippen LogP contribution in [0.15, 0.2) is 6.20 Å². The highest BCUT2D eigenvalue weighted by Crippen LogP contribution is 2.10. The average Bonchev–Trinajstić information content (AvgIpc) is 2.37. The van der Waals surface area contributed by atoms with E-state index in [1.165, 1.54) is 17.7 Å². The molecule has 1 aromatic heterocycles. The smallest absolute Gasteiger partial charge is 0.0669 e. The lowest BCUT2D eigenvalue weighted by Gasteiger charge is -1.98. The second-order valence-corrected chi connectivity index (χ2v) is 3.61. The van der Waals surface area contributed by atoms with Crippen LogP contribution in [0.25, 0.3) is 0 Å². The van der Waals surface area contributed by atoms with Gasteiger partial charge in [-0.05, 0) is 24.9 Å². The van der Waals surface area contributed by atoms with Gasteiger partial charge in [-0.2, -0.15) is 5.10 Å². The summed E-state index contributed by atoms with van der Waals surface area (Å²) in [5.41, 5.74) is 2.75. The molecule has 0 spiro atoms. The molecule has 1 aliphatic rings. The lowest BCUT2D eigenvalue weighted by Crippen LogP contribution is -2.16. The predicted molar refractivity (Wildman–Crippen MR) is 52.8 cm³/mol. The summed E-state index contributed by atoms with van der Waals surface area (Å²) in [7, 11) is 0. The van der Waals surface area contributed by atoms with Crippen LogP contribution in [-0.4, -0.2) is 22.9 Å². The van der Waals surface area contributed by atoms with Crippen LogP contribution in [0.4, 0.5) is 0 Å². The summed E-state index contributed by atoms with van der Waals surface area (Å²) < 4.78 is 2.09. The van der Waals surface area contributed by atoms with E-state index in [9.17, 15) is 0 Å².